The Balaban J connectivity index is 2.51. The topological polar surface area (TPSA) is 61.5 Å². The van der Waals surface area contributed by atoms with E-state index >= 15 is 0 Å². The second kappa shape index (κ2) is 4.75. The Kier molecular flexibility index (Phi) is 3.89. The predicted octanol–water partition coefficient (Wildman–Crippen LogP) is 0.836. The summed E-state index contributed by atoms with van der Waals surface area (Å²) in [5.74, 6) is -0.329. The second-order valence-corrected chi connectivity index (χ2v) is 3.88. The molecule has 0 saturated heterocycles. The maximum absolute atomic E-state index is 11.2. The van der Waals surface area contributed by atoms with Gasteiger partial charge in [-0.2, -0.15) is 0 Å². The van der Waals surface area contributed by atoms with Gasteiger partial charge in [0.25, 0.3) is 0 Å². The van der Waals surface area contributed by atoms with Gasteiger partial charge < -0.3 is 15.2 Å². The quantitative estimate of drug-likeness (QED) is 0.684. The van der Waals surface area contributed by atoms with Crippen LogP contribution in [0.2, 0.25) is 0 Å². The molecule has 0 spiro atoms. The molecule has 4 heteroatoms. The number of hydrogen-bond acceptors (Lipinski definition) is 4. The largest absolute Gasteiger partial charge is 0.467 e. The lowest BCUT2D eigenvalue weighted by molar-refractivity contribution is -0.164. The minimum Gasteiger partial charge on any atom is -0.467 e. The van der Waals surface area contributed by atoms with Gasteiger partial charge >= 0.3 is 5.97 Å². The van der Waals surface area contributed by atoms with Gasteiger partial charge in [-0.1, -0.05) is 12.8 Å². The first-order chi connectivity index (χ1) is 6.63. The number of hydrogen-bond donors (Lipinski definition) is 1. The molecule has 82 valence electrons. The fraction of sp³-hybridized carbons (Fsp3) is 0.900. The molecule has 0 aromatic carbocycles. The number of carbonyl (C=O) groups is 1. The van der Waals surface area contributed by atoms with E-state index in [1.807, 2.05) is 0 Å². The molecule has 14 heavy (non-hydrogen) atoms. The average molecular weight is 201 g/mol. The zero-order valence-electron chi connectivity index (χ0n) is 8.91. The van der Waals surface area contributed by atoms with Crippen LogP contribution in [0.25, 0.3) is 0 Å². The van der Waals surface area contributed by atoms with Crippen LogP contribution in [0.1, 0.15) is 32.6 Å². The van der Waals surface area contributed by atoms with Crippen LogP contribution >= 0.6 is 0 Å². The second-order valence-electron chi connectivity index (χ2n) is 3.88. The highest BCUT2D eigenvalue weighted by Crippen LogP contribution is 2.33. The molecule has 0 radical (unpaired) electrons. The molecule has 2 N–H and O–H groups in total. The van der Waals surface area contributed by atoms with Gasteiger partial charge in [-0.05, 0) is 19.8 Å². The maximum atomic E-state index is 11.2. The number of esters is 1. The minimum atomic E-state index is -0.512. The lowest BCUT2D eigenvalue weighted by Crippen LogP contribution is -2.42. The van der Waals surface area contributed by atoms with Gasteiger partial charge in [-0.3, -0.25) is 0 Å². The lowest BCUT2D eigenvalue weighted by atomic mass is 10.0. The minimum absolute atomic E-state index is 0.284. The van der Waals surface area contributed by atoms with E-state index in [1.165, 1.54) is 7.11 Å². The van der Waals surface area contributed by atoms with Crippen molar-refractivity contribution in [3.8, 4) is 0 Å². The molecule has 1 unspecified atom stereocenters. The standard InChI is InChI=1S/C10H19NO3/c1-8(9(12)13-2)14-10(7-11)5-3-4-6-10/h8H,3-7,11H2,1-2H3. The summed E-state index contributed by atoms with van der Waals surface area (Å²) < 4.78 is 10.3. The fourth-order valence-electron chi connectivity index (χ4n) is 1.98. The highest BCUT2D eigenvalue weighted by atomic mass is 16.6. The van der Waals surface area contributed by atoms with E-state index in [-0.39, 0.29) is 11.6 Å². The number of carbonyl (C=O) groups excluding carboxylic acids is 1. The van der Waals surface area contributed by atoms with Gasteiger partial charge in [0.1, 0.15) is 0 Å². The van der Waals surface area contributed by atoms with Crippen LogP contribution in [-0.4, -0.2) is 31.3 Å². The molecule has 1 aliphatic rings. The lowest BCUT2D eigenvalue weighted by Gasteiger charge is -2.30. The maximum Gasteiger partial charge on any atom is 0.334 e. The Morgan fingerprint density at radius 3 is 2.50 bits per heavy atom. The van der Waals surface area contributed by atoms with Crippen molar-refractivity contribution in [2.24, 2.45) is 5.73 Å². The number of ether oxygens (including phenoxy) is 2. The van der Waals surface area contributed by atoms with E-state index in [9.17, 15) is 4.79 Å². The highest BCUT2D eigenvalue weighted by Gasteiger charge is 2.36. The first-order valence-electron chi connectivity index (χ1n) is 5.09. The highest BCUT2D eigenvalue weighted by molar-refractivity contribution is 5.74. The summed E-state index contributed by atoms with van der Waals surface area (Å²) in [7, 11) is 1.37. The van der Waals surface area contributed by atoms with Crippen molar-refractivity contribution in [1.29, 1.82) is 0 Å². The zero-order valence-corrected chi connectivity index (χ0v) is 8.91. The average Bonchev–Trinajstić information content (AvgIpc) is 2.65. The molecule has 4 nitrogen and oxygen atoms in total. The molecule has 0 aromatic rings. The van der Waals surface area contributed by atoms with Crippen LogP contribution in [-0.2, 0) is 14.3 Å². The van der Waals surface area contributed by atoms with Gasteiger partial charge in [0, 0.05) is 6.54 Å². The van der Waals surface area contributed by atoms with Gasteiger partial charge in [0.15, 0.2) is 6.10 Å². The van der Waals surface area contributed by atoms with Crippen molar-refractivity contribution < 1.29 is 14.3 Å². The molecule has 0 bridgehead atoms. The van der Waals surface area contributed by atoms with Gasteiger partial charge in [-0.25, -0.2) is 4.79 Å². The molecule has 0 heterocycles. The van der Waals surface area contributed by atoms with Crippen LogP contribution in [0, 0.1) is 0 Å². The fourth-order valence-corrected chi connectivity index (χ4v) is 1.98. The summed E-state index contributed by atoms with van der Waals surface area (Å²) in [5.41, 5.74) is 5.40. The normalized spacial score (nSPS) is 21.9. The van der Waals surface area contributed by atoms with Crippen molar-refractivity contribution in [2.75, 3.05) is 13.7 Å². The molecule has 1 rings (SSSR count). The van der Waals surface area contributed by atoms with Crippen molar-refractivity contribution in [1.82, 2.24) is 0 Å². The van der Waals surface area contributed by atoms with Gasteiger partial charge in [-0.15, -0.1) is 0 Å². The van der Waals surface area contributed by atoms with E-state index in [1.54, 1.807) is 6.92 Å². The summed E-state index contributed by atoms with van der Waals surface area (Å²) in [5, 5.41) is 0. The summed E-state index contributed by atoms with van der Waals surface area (Å²) in [6.07, 6.45) is 3.65. The van der Waals surface area contributed by atoms with Gasteiger partial charge in [0.2, 0.25) is 0 Å². The van der Waals surface area contributed by atoms with Crippen LogP contribution in [0.4, 0.5) is 0 Å². The molecule has 0 aromatic heterocycles. The van der Waals surface area contributed by atoms with Crippen LogP contribution < -0.4 is 5.73 Å². The number of methoxy groups -OCH3 is 1. The third-order valence-corrected chi connectivity index (χ3v) is 2.85. The summed E-state index contributed by atoms with van der Waals surface area (Å²) in [6, 6.07) is 0. The van der Waals surface area contributed by atoms with Crippen LogP contribution in [0.15, 0.2) is 0 Å². The van der Waals surface area contributed by atoms with Crippen LogP contribution in [0.5, 0.6) is 0 Å². The van der Waals surface area contributed by atoms with Crippen molar-refractivity contribution in [3.63, 3.8) is 0 Å². The van der Waals surface area contributed by atoms with Gasteiger partial charge in [0.05, 0.1) is 12.7 Å². The van der Waals surface area contributed by atoms with Crippen molar-refractivity contribution >= 4 is 5.97 Å². The third kappa shape index (κ3) is 2.45. The van der Waals surface area contributed by atoms with Crippen molar-refractivity contribution in [2.45, 2.75) is 44.3 Å². The number of nitrogens with two attached hydrogens (primary N) is 1. The molecule has 0 amide bonds. The number of rotatable bonds is 4. The first-order valence-corrected chi connectivity index (χ1v) is 5.09. The van der Waals surface area contributed by atoms with E-state index in [0.717, 1.165) is 25.7 Å². The Morgan fingerprint density at radius 2 is 2.07 bits per heavy atom. The van der Waals surface area contributed by atoms with Crippen LogP contribution in [0.3, 0.4) is 0 Å². The van der Waals surface area contributed by atoms with E-state index in [2.05, 4.69) is 4.74 Å². The zero-order chi connectivity index (χ0) is 10.6. The molecule has 1 atom stereocenters. The Hall–Kier alpha value is -0.610. The molecule has 0 aliphatic heterocycles. The summed E-state index contributed by atoms with van der Waals surface area (Å²) in [4.78, 5) is 11.2. The van der Waals surface area contributed by atoms with Crippen molar-refractivity contribution in [3.05, 3.63) is 0 Å². The molecular formula is C10H19NO3. The predicted molar refractivity (Wildman–Crippen MR) is 52.8 cm³/mol. The smallest absolute Gasteiger partial charge is 0.334 e. The Morgan fingerprint density at radius 1 is 1.50 bits per heavy atom. The van der Waals surface area contributed by atoms with E-state index < -0.39 is 6.10 Å². The molecular weight excluding hydrogens is 182 g/mol. The SMILES string of the molecule is COC(=O)C(C)OC1(CN)CCCC1. The third-order valence-electron chi connectivity index (χ3n) is 2.85. The summed E-state index contributed by atoms with van der Waals surface area (Å²) in [6.45, 7) is 2.19. The monoisotopic (exact) mass is 201 g/mol. The summed E-state index contributed by atoms with van der Waals surface area (Å²) >= 11 is 0. The first kappa shape index (κ1) is 11.5. The van der Waals surface area contributed by atoms with E-state index in [4.69, 9.17) is 10.5 Å². The molecule has 1 fully saturated rings. The molecule has 1 saturated carbocycles. The Bertz CT molecular complexity index is 200. The Labute approximate surface area is 84.7 Å². The van der Waals surface area contributed by atoms with E-state index in [0.29, 0.717) is 6.54 Å². The molecule has 1 aliphatic carbocycles.